The highest BCUT2D eigenvalue weighted by atomic mass is 16.2. The van der Waals surface area contributed by atoms with Crippen molar-refractivity contribution in [3.05, 3.63) is 95.3 Å². The van der Waals surface area contributed by atoms with Crippen LogP contribution in [0.3, 0.4) is 0 Å². The van der Waals surface area contributed by atoms with Crippen LogP contribution in [-0.2, 0) is 4.79 Å². The summed E-state index contributed by atoms with van der Waals surface area (Å²) in [6.07, 6.45) is 5.16. The maximum atomic E-state index is 13.3. The molecule has 126 valence electrons. The van der Waals surface area contributed by atoms with E-state index in [4.69, 9.17) is 0 Å². The van der Waals surface area contributed by atoms with Crippen LogP contribution in [0.4, 0.5) is 5.69 Å². The number of carbonyl (C=O) groups is 2. The molecule has 3 aromatic rings. The second kappa shape index (κ2) is 6.41. The Morgan fingerprint density at radius 3 is 2.31 bits per heavy atom. The van der Waals surface area contributed by atoms with Crippen molar-refractivity contribution in [3.63, 3.8) is 0 Å². The van der Waals surface area contributed by atoms with Gasteiger partial charge in [-0.05, 0) is 47.9 Å². The second-order valence-electron chi connectivity index (χ2n) is 6.12. The molecule has 0 spiro atoms. The summed E-state index contributed by atoms with van der Waals surface area (Å²) < 4.78 is 0. The van der Waals surface area contributed by atoms with E-state index in [1.165, 1.54) is 4.90 Å². The van der Waals surface area contributed by atoms with E-state index in [0.29, 0.717) is 22.4 Å². The maximum absolute atomic E-state index is 13.3. The van der Waals surface area contributed by atoms with Crippen molar-refractivity contribution in [1.29, 1.82) is 0 Å². The molecule has 0 N–H and O–H groups in total. The van der Waals surface area contributed by atoms with Crippen molar-refractivity contribution >= 4 is 29.2 Å². The molecular weight excluding hydrogens is 324 g/mol. The fourth-order valence-electron chi connectivity index (χ4n) is 3.15. The Morgan fingerprint density at radius 2 is 1.58 bits per heavy atom. The lowest BCUT2D eigenvalue weighted by molar-refractivity contribution is -0.112. The smallest absolute Gasteiger partial charge is 0.265 e. The number of pyridine rings is 1. The van der Waals surface area contributed by atoms with E-state index >= 15 is 0 Å². The minimum Gasteiger partial charge on any atom is -0.268 e. The Hall–Kier alpha value is -3.53. The van der Waals surface area contributed by atoms with Gasteiger partial charge in [-0.2, -0.15) is 0 Å². The Labute approximate surface area is 151 Å². The number of anilines is 1. The highest BCUT2D eigenvalue weighted by Gasteiger charge is 2.36. The average molecular weight is 340 g/mol. The third-order valence-electron chi connectivity index (χ3n) is 4.44. The van der Waals surface area contributed by atoms with Gasteiger partial charge in [0.2, 0.25) is 0 Å². The molecule has 4 rings (SSSR count). The highest BCUT2D eigenvalue weighted by molar-refractivity contribution is 6.43. The fraction of sp³-hybridized carbons (Fsp3) is 0.0455. The van der Waals surface area contributed by atoms with Crippen molar-refractivity contribution in [2.45, 2.75) is 6.92 Å². The number of benzene rings is 2. The molecule has 4 heteroatoms. The molecular formula is C22H16N2O2. The van der Waals surface area contributed by atoms with E-state index in [1.807, 2.05) is 55.5 Å². The fourth-order valence-corrected chi connectivity index (χ4v) is 3.15. The zero-order valence-corrected chi connectivity index (χ0v) is 14.2. The number of aromatic nitrogens is 1. The molecule has 0 bridgehead atoms. The molecule has 4 nitrogen and oxygen atoms in total. The molecule has 1 aromatic heterocycles. The van der Waals surface area contributed by atoms with Crippen LogP contribution in [-0.4, -0.2) is 16.8 Å². The average Bonchev–Trinajstić information content (AvgIpc) is 2.67. The number of imide groups is 1. The number of aryl methyl sites for hydroxylation is 1. The summed E-state index contributed by atoms with van der Waals surface area (Å²) in [5.74, 6) is -0.630. The van der Waals surface area contributed by atoms with E-state index in [-0.39, 0.29) is 11.8 Å². The molecule has 0 atom stereocenters. The van der Waals surface area contributed by atoms with Gasteiger partial charge in [-0.3, -0.25) is 14.6 Å². The first-order chi connectivity index (χ1) is 12.7. The van der Waals surface area contributed by atoms with Crippen molar-refractivity contribution < 1.29 is 9.59 Å². The predicted molar refractivity (Wildman–Crippen MR) is 102 cm³/mol. The zero-order valence-electron chi connectivity index (χ0n) is 14.2. The lowest BCUT2D eigenvalue weighted by Crippen LogP contribution is -2.42. The number of carbonyl (C=O) groups excluding carboxylic acids is 2. The number of hydrogen-bond acceptors (Lipinski definition) is 3. The van der Waals surface area contributed by atoms with Crippen molar-refractivity contribution in [2.24, 2.45) is 0 Å². The van der Waals surface area contributed by atoms with Gasteiger partial charge in [-0.15, -0.1) is 0 Å². The van der Waals surface area contributed by atoms with E-state index in [2.05, 4.69) is 4.98 Å². The number of nitrogens with zero attached hydrogens (tertiary/aromatic N) is 2. The molecule has 2 amide bonds. The number of fused-ring (bicyclic) bond motifs is 1. The summed E-state index contributed by atoms with van der Waals surface area (Å²) in [6.45, 7) is 1.89. The minimum absolute atomic E-state index is 0.303. The minimum atomic E-state index is -0.327. The van der Waals surface area contributed by atoms with Crippen LogP contribution >= 0.6 is 0 Å². The first-order valence-corrected chi connectivity index (χ1v) is 8.32. The Bertz CT molecular complexity index is 1040. The Morgan fingerprint density at radius 1 is 0.846 bits per heavy atom. The normalized spacial score (nSPS) is 15.3. The molecule has 0 aliphatic carbocycles. The van der Waals surface area contributed by atoms with Gasteiger partial charge in [-0.25, -0.2) is 4.90 Å². The zero-order chi connectivity index (χ0) is 18.1. The van der Waals surface area contributed by atoms with E-state index < -0.39 is 0 Å². The van der Waals surface area contributed by atoms with E-state index in [9.17, 15) is 9.59 Å². The number of rotatable bonds is 2. The summed E-state index contributed by atoms with van der Waals surface area (Å²) in [5.41, 5.74) is 3.94. The van der Waals surface area contributed by atoms with Gasteiger partial charge in [0.05, 0.1) is 5.69 Å². The van der Waals surface area contributed by atoms with Gasteiger partial charge in [0.1, 0.15) is 0 Å². The molecule has 0 unspecified atom stereocenters. The van der Waals surface area contributed by atoms with Gasteiger partial charge in [0, 0.05) is 23.5 Å². The lowest BCUT2D eigenvalue weighted by Gasteiger charge is -2.29. The molecule has 0 saturated carbocycles. The van der Waals surface area contributed by atoms with Crippen LogP contribution in [0, 0.1) is 6.92 Å². The lowest BCUT2D eigenvalue weighted by atomic mass is 9.91. The molecule has 2 aromatic carbocycles. The monoisotopic (exact) mass is 340 g/mol. The summed E-state index contributed by atoms with van der Waals surface area (Å²) in [5, 5.41) is 0. The first-order valence-electron chi connectivity index (χ1n) is 8.32. The van der Waals surface area contributed by atoms with Crippen molar-refractivity contribution in [3.8, 4) is 0 Å². The van der Waals surface area contributed by atoms with Gasteiger partial charge in [0.25, 0.3) is 11.8 Å². The van der Waals surface area contributed by atoms with Crippen LogP contribution in [0.1, 0.15) is 27.0 Å². The maximum Gasteiger partial charge on any atom is 0.265 e. The number of amides is 2. The third-order valence-corrected chi connectivity index (χ3v) is 4.44. The topological polar surface area (TPSA) is 50.3 Å². The largest absolute Gasteiger partial charge is 0.268 e. The van der Waals surface area contributed by atoms with Crippen LogP contribution in [0.2, 0.25) is 0 Å². The number of hydrogen-bond donors (Lipinski definition) is 0. The molecule has 1 aliphatic rings. The van der Waals surface area contributed by atoms with Crippen molar-refractivity contribution in [2.75, 3.05) is 4.90 Å². The Balaban J connectivity index is 1.93. The van der Waals surface area contributed by atoms with Crippen molar-refractivity contribution in [1.82, 2.24) is 4.98 Å². The first kappa shape index (κ1) is 16.0. The van der Waals surface area contributed by atoms with Crippen LogP contribution in [0.5, 0.6) is 0 Å². The summed E-state index contributed by atoms with van der Waals surface area (Å²) in [6, 6.07) is 18.3. The summed E-state index contributed by atoms with van der Waals surface area (Å²) in [4.78, 5) is 31.7. The van der Waals surface area contributed by atoms with Crippen LogP contribution in [0.25, 0.3) is 11.6 Å². The van der Waals surface area contributed by atoms with Gasteiger partial charge in [-0.1, -0.05) is 42.5 Å². The van der Waals surface area contributed by atoms with E-state index in [0.717, 1.165) is 11.1 Å². The van der Waals surface area contributed by atoms with Crippen LogP contribution < -0.4 is 4.90 Å². The quantitative estimate of drug-likeness (QED) is 0.521. The molecule has 0 saturated heterocycles. The van der Waals surface area contributed by atoms with Gasteiger partial charge >= 0.3 is 0 Å². The molecule has 2 heterocycles. The molecule has 0 radical (unpaired) electrons. The molecule has 26 heavy (non-hydrogen) atoms. The van der Waals surface area contributed by atoms with E-state index in [1.54, 1.807) is 30.6 Å². The van der Waals surface area contributed by atoms with Gasteiger partial charge < -0.3 is 0 Å². The summed E-state index contributed by atoms with van der Waals surface area (Å²) >= 11 is 0. The number of para-hydroxylation sites is 1. The van der Waals surface area contributed by atoms with Crippen LogP contribution in [0.15, 0.2) is 73.1 Å². The standard InChI is InChI=1S/C22H16N2O2/c1-15-7-2-5-11-20(15)24-21(25)18-10-4-3-9-17(18)19(22(24)26)13-16-8-6-12-23-14-16/h2-14H,1H3. The summed E-state index contributed by atoms with van der Waals surface area (Å²) in [7, 11) is 0. The SMILES string of the molecule is Cc1ccccc1N1C(=O)C(=Cc2cccnc2)c2ccccc2C1=O. The third kappa shape index (κ3) is 2.62. The molecule has 0 fully saturated rings. The Kier molecular flexibility index (Phi) is 3.93. The molecule has 1 aliphatic heterocycles. The predicted octanol–water partition coefficient (Wildman–Crippen LogP) is 4.12. The van der Waals surface area contributed by atoms with Gasteiger partial charge in [0.15, 0.2) is 0 Å². The highest BCUT2D eigenvalue weighted by Crippen LogP contribution is 2.34. The second-order valence-corrected chi connectivity index (χ2v) is 6.12.